The highest BCUT2D eigenvalue weighted by Crippen LogP contribution is 2.24. The predicted molar refractivity (Wildman–Crippen MR) is 134 cm³/mol. The minimum Gasteiger partial charge on any atom is -0.464 e. The van der Waals surface area contributed by atoms with Crippen LogP contribution in [0, 0.1) is 0 Å². The van der Waals surface area contributed by atoms with Crippen molar-refractivity contribution < 1.29 is 13.9 Å². The van der Waals surface area contributed by atoms with Crippen molar-refractivity contribution in [3.8, 4) is 11.5 Å². The van der Waals surface area contributed by atoms with E-state index in [9.17, 15) is 9.59 Å². The normalized spacial score (nSPS) is 14.5. The molecule has 0 bridgehead atoms. The van der Waals surface area contributed by atoms with Crippen LogP contribution in [0.3, 0.4) is 0 Å². The average Bonchev–Trinajstić information content (AvgIpc) is 3.38. The monoisotopic (exact) mass is 479 g/mol. The van der Waals surface area contributed by atoms with Crippen molar-refractivity contribution in [2.24, 2.45) is 0 Å². The highest BCUT2D eigenvalue weighted by molar-refractivity contribution is 5.70. The molecule has 0 unspecified atom stereocenters. The number of piperidine rings is 1. The Labute approximate surface area is 205 Å². The first kappa shape index (κ1) is 24.5. The number of carbonyl (C=O) groups excluding carboxylic acids is 1. The Bertz CT molecular complexity index is 1170. The molecule has 1 aliphatic rings. The summed E-state index contributed by atoms with van der Waals surface area (Å²) in [6.45, 7) is 5.70. The van der Waals surface area contributed by atoms with Crippen molar-refractivity contribution in [2.45, 2.75) is 58.5 Å². The summed E-state index contributed by atoms with van der Waals surface area (Å²) in [5.41, 5.74) is 0.849. The summed E-state index contributed by atoms with van der Waals surface area (Å²) in [4.78, 5) is 37.0. The van der Waals surface area contributed by atoms with Gasteiger partial charge in [0, 0.05) is 18.7 Å². The Kier molecular flexibility index (Phi) is 8.18. The van der Waals surface area contributed by atoms with Gasteiger partial charge in [0.1, 0.15) is 18.0 Å². The zero-order valence-electron chi connectivity index (χ0n) is 20.4. The Balaban J connectivity index is 1.56. The van der Waals surface area contributed by atoms with Gasteiger partial charge in [0.25, 0.3) is 5.56 Å². The van der Waals surface area contributed by atoms with Crippen LogP contribution in [0.15, 0.2) is 51.9 Å². The molecule has 1 aliphatic heterocycles. The van der Waals surface area contributed by atoms with Gasteiger partial charge in [0.15, 0.2) is 0 Å². The molecule has 0 spiro atoms. The molecule has 35 heavy (non-hydrogen) atoms. The maximum atomic E-state index is 13.5. The number of unbranched alkanes of at least 4 members (excludes halogenated alkanes) is 1. The van der Waals surface area contributed by atoms with Crippen LogP contribution in [-0.4, -0.2) is 40.2 Å². The molecule has 3 heterocycles. The van der Waals surface area contributed by atoms with Crippen LogP contribution in [0.4, 0.5) is 11.6 Å². The quantitative estimate of drug-likeness (QED) is 0.337. The summed E-state index contributed by atoms with van der Waals surface area (Å²) in [5, 5.41) is 3.19. The third kappa shape index (κ3) is 6.09. The highest BCUT2D eigenvalue weighted by atomic mass is 16.5. The van der Waals surface area contributed by atoms with Gasteiger partial charge in [-0.25, -0.2) is 9.97 Å². The van der Waals surface area contributed by atoms with E-state index in [-0.39, 0.29) is 23.8 Å². The summed E-state index contributed by atoms with van der Waals surface area (Å²) < 4.78 is 12.7. The van der Waals surface area contributed by atoms with Crippen LogP contribution in [0.25, 0.3) is 11.5 Å². The fraction of sp³-hybridized carbons (Fsp3) is 0.462. The van der Waals surface area contributed by atoms with Crippen LogP contribution in [0.1, 0.15) is 57.8 Å². The molecule has 4 rings (SSSR count). The Morgan fingerprint density at radius 2 is 1.91 bits per heavy atom. The van der Waals surface area contributed by atoms with E-state index >= 15 is 0 Å². The lowest BCUT2D eigenvalue weighted by atomic mass is 10.1. The molecule has 1 fully saturated rings. The Morgan fingerprint density at radius 3 is 2.66 bits per heavy atom. The van der Waals surface area contributed by atoms with E-state index in [2.05, 4.69) is 20.2 Å². The lowest BCUT2D eigenvalue weighted by Crippen LogP contribution is -2.38. The van der Waals surface area contributed by atoms with Crippen LogP contribution < -0.4 is 15.8 Å². The predicted octanol–water partition coefficient (Wildman–Crippen LogP) is 4.41. The molecule has 2 aromatic heterocycles. The summed E-state index contributed by atoms with van der Waals surface area (Å²) >= 11 is 0. The van der Waals surface area contributed by atoms with Gasteiger partial charge >= 0.3 is 5.97 Å². The Morgan fingerprint density at radius 1 is 1.14 bits per heavy atom. The van der Waals surface area contributed by atoms with Gasteiger partial charge in [-0.3, -0.25) is 14.2 Å². The summed E-state index contributed by atoms with van der Waals surface area (Å²) in [6.07, 6.45) is 8.12. The van der Waals surface area contributed by atoms with E-state index in [0.717, 1.165) is 50.8 Å². The molecule has 9 nitrogen and oxygen atoms in total. The van der Waals surface area contributed by atoms with Gasteiger partial charge < -0.3 is 19.4 Å². The number of ether oxygens (including phenoxy) is 1. The minimum absolute atomic E-state index is 0.175. The molecular weight excluding hydrogens is 446 g/mol. The number of anilines is 2. The van der Waals surface area contributed by atoms with Gasteiger partial charge in [-0.15, -0.1) is 0 Å². The van der Waals surface area contributed by atoms with E-state index in [1.165, 1.54) is 10.8 Å². The molecule has 0 aliphatic carbocycles. The van der Waals surface area contributed by atoms with Crippen LogP contribution in [-0.2, 0) is 16.1 Å². The molecule has 1 atom stereocenters. The zero-order valence-corrected chi connectivity index (χ0v) is 20.4. The molecule has 0 radical (unpaired) electrons. The number of nitrogens with one attached hydrogen (secondary N) is 1. The standard InChI is InChI=1S/C26H33N5O4/c1-3-4-15-34-23(32)18-31-25(33)21(16-28-26(31)30-13-9-6-10-14-30)29-19(2)22-17-27-24(35-22)20-11-7-5-8-12-20/h5,7-8,11-12,16-17,19,29H,3-4,6,9-10,13-15,18H2,1-2H3/t19-/m1/s1. The maximum Gasteiger partial charge on any atom is 0.326 e. The number of hydrogen-bond donors (Lipinski definition) is 1. The number of carbonyl (C=O) groups is 1. The van der Waals surface area contributed by atoms with Gasteiger partial charge in [-0.2, -0.15) is 0 Å². The number of esters is 1. The number of benzene rings is 1. The van der Waals surface area contributed by atoms with E-state index < -0.39 is 5.97 Å². The molecule has 9 heteroatoms. The molecule has 1 N–H and O–H groups in total. The second kappa shape index (κ2) is 11.7. The molecule has 186 valence electrons. The molecule has 1 aromatic carbocycles. The van der Waals surface area contributed by atoms with E-state index in [0.29, 0.717) is 24.2 Å². The fourth-order valence-electron chi connectivity index (χ4n) is 4.08. The number of oxazole rings is 1. The van der Waals surface area contributed by atoms with Gasteiger partial charge in [-0.1, -0.05) is 31.5 Å². The topological polar surface area (TPSA) is 102 Å². The van der Waals surface area contributed by atoms with Gasteiger partial charge in [0.05, 0.1) is 25.0 Å². The largest absolute Gasteiger partial charge is 0.464 e. The van der Waals surface area contributed by atoms with Crippen molar-refractivity contribution in [3.05, 3.63) is 58.8 Å². The number of hydrogen-bond acceptors (Lipinski definition) is 8. The van der Waals surface area contributed by atoms with Gasteiger partial charge in [0.2, 0.25) is 11.8 Å². The van der Waals surface area contributed by atoms with Crippen molar-refractivity contribution in [2.75, 3.05) is 29.9 Å². The van der Waals surface area contributed by atoms with E-state index in [1.807, 2.05) is 44.2 Å². The Hall–Kier alpha value is -3.62. The van der Waals surface area contributed by atoms with Crippen molar-refractivity contribution in [1.82, 2.24) is 14.5 Å². The summed E-state index contributed by atoms with van der Waals surface area (Å²) in [6, 6.07) is 9.30. The summed E-state index contributed by atoms with van der Waals surface area (Å²) in [7, 11) is 0. The van der Waals surface area contributed by atoms with E-state index in [1.54, 1.807) is 6.20 Å². The zero-order chi connectivity index (χ0) is 24.6. The lowest BCUT2D eigenvalue weighted by molar-refractivity contribution is -0.144. The number of aromatic nitrogens is 3. The number of nitrogens with zero attached hydrogens (tertiary/aromatic N) is 4. The maximum absolute atomic E-state index is 13.5. The first-order valence-electron chi connectivity index (χ1n) is 12.3. The molecule has 1 saturated heterocycles. The third-order valence-electron chi connectivity index (χ3n) is 6.06. The van der Waals surface area contributed by atoms with Gasteiger partial charge in [-0.05, 0) is 44.7 Å². The highest BCUT2D eigenvalue weighted by Gasteiger charge is 2.22. The fourth-order valence-corrected chi connectivity index (χ4v) is 4.08. The van der Waals surface area contributed by atoms with Crippen molar-refractivity contribution in [3.63, 3.8) is 0 Å². The number of rotatable bonds is 10. The van der Waals surface area contributed by atoms with Crippen LogP contribution in [0.2, 0.25) is 0 Å². The van der Waals surface area contributed by atoms with Crippen molar-refractivity contribution in [1.29, 1.82) is 0 Å². The first-order valence-corrected chi connectivity index (χ1v) is 12.3. The van der Waals surface area contributed by atoms with Crippen LogP contribution >= 0.6 is 0 Å². The smallest absolute Gasteiger partial charge is 0.326 e. The second-order valence-corrected chi connectivity index (χ2v) is 8.78. The summed E-state index contributed by atoms with van der Waals surface area (Å²) in [5.74, 6) is 1.17. The van der Waals surface area contributed by atoms with Crippen molar-refractivity contribution >= 4 is 17.6 Å². The first-order chi connectivity index (χ1) is 17.1. The minimum atomic E-state index is -0.437. The SMILES string of the molecule is CCCCOC(=O)Cn1c(N2CCCCC2)ncc(N[C@H](C)c2cnc(-c3ccccc3)o2)c1=O. The lowest BCUT2D eigenvalue weighted by Gasteiger charge is -2.29. The molecule has 0 amide bonds. The molecule has 3 aromatic rings. The van der Waals surface area contributed by atoms with E-state index in [4.69, 9.17) is 9.15 Å². The third-order valence-corrected chi connectivity index (χ3v) is 6.06. The molecular formula is C26H33N5O4. The van der Waals surface area contributed by atoms with Crippen LogP contribution in [0.5, 0.6) is 0 Å². The average molecular weight is 480 g/mol. The molecule has 0 saturated carbocycles. The second-order valence-electron chi connectivity index (χ2n) is 8.78.